The number of rotatable bonds is 9. The summed E-state index contributed by atoms with van der Waals surface area (Å²) >= 11 is 0. The molecule has 8 heteroatoms. The van der Waals surface area contributed by atoms with E-state index in [2.05, 4.69) is 39.2 Å². The number of carbonyl (C=O) groups is 3. The van der Waals surface area contributed by atoms with Crippen molar-refractivity contribution in [3.8, 4) is 5.75 Å². The molecule has 1 aliphatic rings. The minimum absolute atomic E-state index is 0.103. The second-order valence-electron chi connectivity index (χ2n) is 10.1. The number of carbonyl (C=O) groups excluding carboxylic acids is 3. The summed E-state index contributed by atoms with van der Waals surface area (Å²) in [6, 6.07) is 17.2. The third kappa shape index (κ3) is 6.39. The molecule has 2 atom stereocenters. The van der Waals surface area contributed by atoms with E-state index in [0.29, 0.717) is 5.75 Å². The summed E-state index contributed by atoms with van der Waals surface area (Å²) in [6.07, 6.45) is 3.01. The van der Waals surface area contributed by atoms with Crippen molar-refractivity contribution < 1.29 is 23.9 Å². The van der Waals surface area contributed by atoms with Crippen molar-refractivity contribution in [2.24, 2.45) is 0 Å². The van der Waals surface area contributed by atoms with Crippen LogP contribution in [0.2, 0.25) is 18.1 Å². The minimum atomic E-state index is -2.26. The first-order chi connectivity index (χ1) is 16.5. The molecule has 2 aromatic rings. The van der Waals surface area contributed by atoms with Gasteiger partial charge in [-0.1, -0.05) is 88.5 Å². The normalized spacial score (nSPS) is 18.2. The van der Waals surface area contributed by atoms with E-state index in [-0.39, 0.29) is 24.2 Å². The van der Waals surface area contributed by atoms with Crippen LogP contribution in [0.15, 0.2) is 72.8 Å². The molecule has 186 valence electrons. The molecule has 1 saturated heterocycles. The number of nitrogens with zero attached hydrogens (tertiary/aromatic N) is 1. The maximum absolute atomic E-state index is 13.2. The fourth-order valence-corrected chi connectivity index (χ4v) is 6.09. The Labute approximate surface area is 208 Å². The van der Waals surface area contributed by atoms with E-state index in [4.69, 9.17) is 9.47 Å². The van der Waals surface area contributed by atoms with Gasteiger partial charge in [0.15, 0.2) is 14.8 Å². The van der Waals surface area contributed by atoms with E-state index in [1.165, 1.54) is 6.08 Å². The van der Waals surface area contributed by atoms with Crippen molar-refractivity contribution >= 4 is 26.0 Å². The Kier molecular flexibility index (Phi) is 8.17. The van der Waals surface area contributed by atoms with Crippen LogP contribution in [0.25, 0.3) is 0 Å². The lowest BCUT2D eigenvalue weighted by Gasteiger charge is -2.57. The molecule has 0 saturated carbocycles. The highest BCUT2D eigenvalue weighted by atomic mass is 28.3. The highest BCUT2D eigenvalue weighted by Gasteiger charge is 2.56. The Morgan fingerprint density at radius 3 is 2.23 bits per heavy atom. The molecule has 0 radical (unpaired) electrons. The molecule has 0 bridgehead atoms. The van der Waals surface area contributed by atoms with Crippen molar-refractivity contribution in [2.75, 3.05) is 6.61 Å². The Bertz CT molecular complexity index is 1060. The number of amides is 2. The third-order valence-electron chi connectivity index (χ3n) is 6.66. The van der Waals surface area contributed by atoms with Crippen LogP contribution in [0.3, 0.4) is 0 Å². The summed E-state index contributed by atoms with van der Waals surface area (Å²) in [6.45, 7) is 10.5. The lowest BCUT2D eigenvalue weighted by Crippen LogP contribution is -2.78. The van der Waals surface area contributed by atoms with Crippen molar-refractivity contribution in [3.05, 3.63) is 78.4 Å². The fraction of sp³-hybridized carbons (Fsp3) is 0.370. The third-order valence-corrected chi connectivity index (χ3v) is 12.1. The summed E-state index contributed by atoms with van der Waals surface area (Å²) in [5, 5.41) is 2.68. The van der Waals surface area contributed by atoms with Crippen molar-refractivity contribution in [1.82, 2.24) is 9.88 Å². The number of benzene rings is 2. The highest BCUT2D eigenvalue weighted by molar-refractivity contribution is 6.80. The number of para-hydroxylation sites is 1. The van der Waals surface area contributed by atoms with Gasteiger partial charge in [0.25, 0.3) is 5.91 Å². The molecule has 1 heterocycles. The molecule has 1 aliphatic heterocycles. The Hall–Kier alpha value is -3.39. The molecule has 7 nitrogen and oxygen atoms in total. The van der Waals surface area contributed by atoms with Gasteiger partial charge in [-0.25, -0.2) is 4.79 Å². The summed E-state index contributed by atoms with van der Waals surface area (Å²) in [5.41, 5.74) is 0.888. The Morgan fingerprint density at radius 1 is 1.03 bits per heavy atom. The van der Waals surface area contributed by atoms with Gasteiger partial charge in [0.1, 0.15) is 18.4 Å². The van der Waals surface area contributed by atoms with E-state index in [9.17, 15) is 14.4 Å². The number of β-lactam (4-membered cyclic amide) rings is 1. The van der Waals surface area contributed by atoms with Gasteiger partial charge in [0, 0.05) is 6.08 Å². The molecule has 35 heavy (non-hydrogen) atoms. The quantitative estimate of drug-likeness (QED) is 0.246. The van der Waals surface area contributed by atoms with E-state index in [0.717, 1.165) is 5.56 Å². The van der Waals surface area contributed by atoms with Crippen LogP contribution in [-0.2, 0) is 25.7 Å². The van der Waals surface area contributed by atoms with Crippen LogP contribution in [-0.4, -0.2) is 49.3 Å². The van der Waals surface area contributed by atoms with Crippen molar-refractivity contribution in [1.29, 1.82) is 0 Å². The second kappa shape index (κ2) is 10.9. The number of hydrogen-bond acceptors (Lipinski definition) is 5. The molecule has 3 rings (SSSR count). The number of nitrogens with one attached hydrogen (secondary N) is 1. The molecule has 1 N–H and O–H groups in total. The van der Waals surface area contributed by atoms with Crippen LogP contribution in [0.4, 0.5) is 0 Å². The zero-order chi connectivity index (χ0) is 25.6. The van der Waals surface area contributed by atoms with E-state index in [1.54, 1.807) is 18.2 Å². The second-order valence-corrected chi connectivity index (χ2v) is 15.2. The fourth-order valence-electron chi connectivity index (χ4n) is 3.70. The molecule has 0 spiro atoms. The average Bonchev–Trinajstić information content (AvgIpc) is 2.82. The molecule has 2 amide bonds. The summed E-state index contributed by atoms with van der Waals surface area (Å²) < 4.78 is 12.7. The lowest BCUT2D eigenvalue weighted by molar-refractivity contribution is -0.145. The molecule has 0 aliphatic carbocycles. The van der Waals surface area contributed by atoms with Crippen LogP contribution in [0, 0.1) is 0 Å². The van der Waals surface area contributed by atoms with Gasteiger partial charge < -0.3 is 19.4 Å². The summed E-state index contributed by atoms with van der Waals surface area (Å²) in [7, 11) is -2.26. The van der Waals surface area contributed by atoms with Crippen LogP contribution >= 0.6 is 0 Å². The first-order valence-electron chi connectivity index (χ1n) is 11.7. The highest BCUT2D eigenvalue weighted by Crippen LogP contribution is 2.43. The number of hydrogen-bond donors (Lipinski definition) is 1. The van der Waals surface area contributed by atoms with Gasteiger partial charge in [-0.05, 0) is 22.7 Å². The van der Waals surface area contributed by atoms with Crippen molar-refractivity contribution in [2.45, 2.75) is 57.6 Å². The molecule has 0 aromatic heterocycles. The molecule has 2 aromatic carbocycles. The number of ether oxygens (including phenoxy) is 2. The monoisotopic (exact) mass is 494 g/mol. The first-order valence-corrected chi connectivity index (χ1v) is 14.6. The first kappa shape index (κ1) is 26.2. The van der Waals surface area contributed by atoms with Gasteiger partial charge in [-0.15, -0.1) is 0 Å². The molecule has 1 unspecified atom stereocenters. The SMILES string of the molecule is CC(C)(C)[Si](C)(C)N1C(=O)[C@@H](NC(=O)COc2ccccc2)C1/C=C\C(=O)OCc1ccccc1. The van der Waals surface area contributed by atoms with Crippen LogP contribution in [0.5, 0.6) is 5.75 Å². The number of esters is 1. The molecule has 1 fully saturated rings. The predicted molar refractivity (Wildman–Crippen MR) is 137 cm³/mol. The standard InChI is InChI=1S/C27H34N2O5Si/c1-27(2,3)35(4,5)29-22(16-17-24(31)34-18-20-12-8-6-9-13-20)25(26(29)32)28-23(30)19-33-21-14-10-7-11-15-21/h6-17,22,25H,18-19H2,1-5H3,(H,28,30)/b17-16-/t22?,25-/m0/s1. The Morgan fingerprint density at radius 2 is 1.63 bits per heavy atom. The zero-order valence-electron chi connectivity index (χ0n) is 21.0. The lowest BCUT2D eigenvalue weighted by atomic mass is 9.98. The van der Waals surface area contributed by atoms with Gasteiger partial charge in [0.2, 0.25) is 5.91 Å². The van der Waals surface area contributed by atoms with Gasteiger partial charge in [-0.3, -0.25) is 9.59 Å². The topological polar surface area (TPSA) is 84.9 Å². The Balaban J connectivity index is 1.68. The van der Waals surface area contributed by atoms with Gasteiger partial charge in [-0.2, -0.15) is 0 Å². The predicted octanol–water partition coefficient (Wildman–Crippen LogP) is 4.07. The van der Waals surface area contributed by atoms with Crippen LogP contribution < -0.4 is 10.1 Å². The van der Waals surface area contributed by atoms with E-state index in [1.807, 2.05) is 53.1 Å². The smallest absolute Gasteiger partial charge is 0.330 e. The molecular weight excluding hydrogens is 460 g/mol. The van der Waals surface area contributed by atoms with Crippen LogP contribution in [0.1, 0.15) is 26.3 Å². The maximum Gasteiger partial charge on any atom is 0.330 e. The van der Waals surface area contributed by atoms with E-state index >= 15 is 0 Å². The molecular formula is C27H34N2O5Si. The van der Waals surface area contributed by atoms with Gasteiger partial charge >= 0.3 is 5.97 Å². The largest absolute Gasteiger partial charge is 0.484 e. The average molecular weight is 495 g/mol. The maximum atomic E-state index is 13.2. The van der Waals surface area contributed by atoms with Crippen molar-refractivity contribution in [3.63, 3.8) is 0 Å². The zero-order valence-corrected chi connectivity index (χ0v) is 22.0. The van der Waals surface area contributed by atoms with Gasteiger partial charge in [0.05, 0.1) is 6.04 Å². The van der Waals surface area contributed by atoms with E-state index < -0.39 is 32.2 Å². The summed E-state index contributed by atoms with van der Waals surface area (Å²) in [4.78, 5) is 38.1. The minimum Gasteiger partial charge on any atom is -0.484 e. The summed E-state index contributed by atoms with van der Waals surface area (Å²) in [5.74, 6) is -0.465.